The van der Waals surface area contributed by atoms with E-state index in [0.717, 1.165) is 29.5 Å². The van der Waals surface area contributed by atoms with Crippen LogP contribution in [0.2, 0.25) is 0 Å². The Morgan fingerprint density at radius 1 is 1.41 bits per heavy atom. The van der Waals surface area contributed by atoms with E-state index < -0.39 is 18.4 Å². The molecule has 148 valence electrons. The molecule has 0 saturated heterocycles. The van der Waals surface area contributed by atoms with Gasteiger partial charge in [0.1, 0.15) is 5.03 Å². The normalized spacial score (nSPS) is 15.6. The molecule has 0 spiro atoms. The number of benzene rings is 1. The molecule has 6 nitrogen and oxygen atoms in total. The van der Waals surface area contributed by atoms with Gasteiger partial charge >= 0.3 is 6.61 Å². The zero-order valence-corrected chi connectivity index (χ0v) is 15.7. The second kappa shape index (κ2) is 9.05. The summed E-state index contributed by atoms with van der Waals surface area (Å²) in [4.78, 5) is 12.3. The van der Waals surface area contributed by atoms with Gasteiger partial charge in [0.2, 0.25) is 11.8 Å². The number of amides is 1. The van der Waals surface area contributed by atoms with E-state index in [4.69, 9.17) is 28.8 Å². The third-order valence-electron chi connectivity index (χ3n) is 4.30. The van der Waals surface area contributed by atoms with Crippen molar-refractivity contribution in [3.05, 3.63) is 51.4 Å². The number of halogens is 3. The van der Waals surface area contributed by atoms with E-state index in [0.29, 0.717) is 11.6 Å². The predicted octanol–water partition coefficient (Wildman–Crippen LogP) is 2.77. The first-order valence-corrected chi connectivity index (χ1v) is 8.79. The molecule has 0 atom stereocenters. The van der Waals surface area contributed by atoms with Gasteiger partial charge in [-0.2, -0.15) is 8.78 Å². The summed E-state index contributed by atoms with van der Waals surface area (Å²) >= 11 is 5.78. The Labute approximate surface area is 161 Å². The number of anilines is 1. The van der Waals surface area contributed by atoms with Crippen molar-refractivity contribution in [3.63, 3.8) is 0 Å². The number of hydrogen-bond acceptors (Lipinski definition) is 5. The van der Waals surface area contributed by atoms with Crippen LogP contribution >= 0.6 is 11.6 Å². The number of ether oxygens (including phenoxy) is 1. The fourth-order valence-electron chi connectivity index (χ4n) is 2.74. The van der Waals surface area contributed by atoms with Crippen LogP contribution in [0, 0.1) is 0 Å². The largest absolute Gasteiger partial charge is 0.418 e. The zero-order valence-electron chi connectivity index (χ0n) is 14.9. The van der Waals surface area contributed by atoms with Gasteiger partial charge in [0.05, 0.1) is 0 Å². The Kier molecular flexibility index (Phi) is 7.04. The Morgan fingerprint density at radius 2 is 2.07 bits per heavy atom. The van der Waals surface area contributed by atoms with Gasteiger partial charge in [-0.1, -0.05) is 17.7 Å². The quantitative estimate of drug-likeness (QED) is 0.232. The first-order chi connectivity index (χ1) is 12.7. The number of hydrogen-bond donors (Lipinski definition) is 4. The molecule has 1 amide bonds. The van der Waals surface area contributed by atoms with Crippen molar-refractivity contribution in [2.24, 2.45) is 11.5 Å². The molecule has 2 rings (SSSR count). The molecule has 0 unspecified atom stereocenters. The number of allylic oxidation sites excluding steroid dienone is 2. The summed E-state index contributed by atoms with van der Waals surface area (Å²) in [7, 11) is 0. The molecule has 9 heteroatoms. The fraction of sp³-hybridized carbons (Fsp3) is 0.389. The first-order valence-electron chi connectivity index (χ1n) is 8.41. The maximum atomic E-state index is 12.3. The Balaban J connectivity index is 2.13. The molecule has 1 saturated carbocycles. The third-order valence-corrected chi connectivity index (χ3v) is 4.60. The van der Waals surface area contributed by atoms with Crippen LogP contribution in [0.15, 0.2) is 34.7 Å². The van der Waals surface area contributed by atoms with Gasteiger partial charge in [-0.15, -0.1) is 0 Å². The average Bonchev–Trinajstić information content (AvgIpc) is 3.43. The molecule has 1 fully saturated rings. The lowest BCUT2D eigenvalue weighted by Gasteiger charge is -2.17. The number of alkyl halides is 2. The van der Waals surface area contributed by atoms with Crippen molar-refractivity contribution >= 4 is 23.2 Å². The van der Waals surface area contributed by atoms with Gasteiger partial charge in [0.15, 0.2) is 0 Å². The van der Waals surface area contributed by atoms with Crippen LogP contribution < -0.4 is 22.5 Å². The molecule has 1 aromatic rings. The summed E-state index contributed by atoms with van der Waals surface area (Å²) in [5.41, 5.74) is 20.8. The summed E-state index contributed by atoms with van der Waals surface area (Å²) in [6, 6.07) is 3.81. The highest BCUT2D eigenvalue weighted by Crippen LogP contribution is 2.43. The predicted molar refractivity (Wildman–Crippen MR) is 100 cm³/mol. The van der Waals surface area contributed by atoms with Crippen LogP contribution in [-0.4, -0.2) is 12.5 Å². The van der Waals surface area contributed by atoms with Crippen LogP contribution in [0.4, 0.5) is 14.5 Å². The molecular formula is C18H23ClF2N4O2. The smallest absolute Gasteiger partial charge is 0.388 e. The lowest BCUT2D eigenvalue weighted by molar-refractivity contribution is -0.117. The molecule has 27 heavy (non-hydrogen) atoms. The molecule has 0 heterocycles. The average molecular weight is 401 g/mol. The van der Waals surface area contributed by atoms with E-state index in [1.165, 1.54) is 13.0 Å². The minimum Gasteiger partial charge on any atom is -0.418 e. The van der Waals surface area contributed by atoms with Crippen LogP contribution in [0.3, 0.4) is 0 Å². The van der Waals surface area contributed by atoms with E-state index >= 15 is 0 Å². The Morgan fingerprint density at radius 3 is 2.63 bits per heavy atom. The SMILES string of the molecule is C/C(=C\C(Cl)=C(/N)OC(F)F)C(=O)NCc1c(C2CC2)ccc(N)c1CN. The van der Waals surface area contributed by atoms with Crippen molar-refractivity contribution in [2.75, 3.05) is 5.73 Å². The van der Waals surface area contributed by atoms with Crippen LogP contribution in [0.1, 0.15) is 42.4 Å². The van der Waals surface area contributed by atoms with Crippen molar-refractivity contribution in [1.82, 2.24) is 5.32 Å². The lowest BCUT2D eigenvalue weighted by Crippen LogP contribution is -2.25. The van der Waals surface area contributed by atoms with Gasteiger partial charge in [0, 0.05) is 24.4 Å². The van der Waals surface area contributed by atoms with E-state index in [-0.39, 0.29) is 23.7 Å². The van der Waals surface area contributed by atoms with E-state index in [1.807, 2.05) is 12.1 Å². The van der Waals surface area contributed by atoms with Gasteiger partial charge in [-0.3, -0.25) is 4.79 Å². The highest BCUT2D eigenvalue weighted by Gasteiger charge is 2.27. The zero-order chi connectivity index (χ0) is 20.1. The molecule has 0 bridgehead atoms. The van der Waals surface area contributed by atoms with Crippen molar-refractivity contribution in [3.8, 4) is 0 Å². The summed E-state index contributed by atoms with van der Waals surface area (Å²) in [5, 5.41) is 2.50. The summed E-state index contributed by atoms with van der Waals surface area (Å²) < 4.78 is 28.3. The van der Waals surface area contributed by atoms with Crippen LogP contribution in [0.25, 0.3) is 0 Å². The Hall–Kier alpha value is -2.32. The lowest BCUT2D eigenvalue weighted by atomic mass is 9.96. The van der Waals surface area contributed by atoms with Gasteiger partial charge in [-0.05, 0) is 54.5 Å². The van der Waals surface area contributed by atoms with Crippen molar-refractivity contribution < 1.29 is 18.3 Å². The monoisotopic (exact) mass is 400 g/mol. The van der Waals surface area contributed by atoms with E-state index in [1.54, 1.807) is 0 Å². The van der Waals surface area contributed by atoms with Crippen LogP contribution in [-0.2, 0) is 22.6 Å². The molecule has 1 aliphatic carbocycles. The van der Waals surface area contributed by atoms with Gasteiger partial charge in [-0.25, -0.2) is 0 Å². The molecule has 0 aromatic heterocycles. The number of carbonyl (C=O) groups excluding carboxylic acids is 1. The van der Waals surface area contributed by atoms with E-state index in [2.05, 4.69) is 10.1 Å². The minimum atomic E-state index is -3.10. The molecule has 7 N–H and O–H groups in total. The second-order valence-corrected chi connectivity index (χ2v) is 6.69. The Bertz CT molecular complexity index is 777. The number of nitrogens with one attached hydrogen (secondary N) is 1. The highest BCUT2D eigenvalue weighted by molar-refractivity contribution is 6.31. The fourth-order valence-corrected chi connectivity index (χ4v) is 2.95. The topological polar surface area (TPSA) is 116 Å². The summed E-state index contributed by atoms with van der Waals surface area (Å²) in [5.74, 6) is -0.621. The summed E-state index contributed by atoms with van der Waals surface area (Å²) in [6.45, 7) is -1.10. The van der Waals surface area contributed by atoms with Gasteiger partial charge < -0.3 is 27.3 Å². The summed E-state index contributed by atoms with van der Waals surface area (Å²) in [6.07, 6.45) is 3.36. The molecule has 0 radical (unpaired) electrons. The first kappa shape index (κ1) is 21.0. The maximum Gasteiger partial charge on any atom is 0.388 e. The second-order valence-electron chi connectivity index (χ2n) is 6.28. The highest BCUT2D eigenvalue weighted by atomic mass is 35.5. The third kappa shape index (κ3) is 5.58. The molecule has 1 aromatic carbocycles. The number of carbonyl (C=O) groups is 1. The molecule has 1 aliphatic rings. The standard InChI is InChI=1S/C18H23ClF2N4O2/c1-9(6-14(19)16(24)27-18(20)21)17(26)25-8-13-11(10-2-3-10)4-5-15(23)12(13)7-22/h4-6,10,18H,2-3,7-8,22-24H2,1H3,(H,25,26)/b9-6+,16-14-. The minimum absolute atomic E-state index is 0.187. The van der Waals surface area contributed by atoms with E-state index in [9.17, 15) is 13.6 Å². The van der Waals surface area contributed by atoms with Gasteiger partial charge in [0.25, 0.3) is 0 Å². The maximum absolute atomic E-state index is 12.3. The number of rotatable bonds is 8. The number of nitrogens with two attached hydrogens (primary N) is 3. The number of nitrogen functional groups attached to an aromatic ring is 1. The molecule has 0 aliphatic heterocycles. The molecular weight excluding hydrogens is 378 g/mol. The van der Waals surface area contributed by atoms with Crippen molar-refractivity contribution in [1.29, 1.82) is 0 Å². The van der Waals surface area contributed by atoms with Crippen molar-refractivity contribution in [2.45, 2.75) is 45.4 Å². The van der Waals surface area contributed by atoms with Crippen LogP contribution in [0.5, 0.6) is 0 Å².